The maximum atomic E-state index is 13.2. The summed E-state index contributed by atoms with van der Waals surface area (Å²) >= 11 is 0. The van der Waals surface area contributed by atoms with Crippen molar-refractivity contribution in [2.24, 2.45) is 0 Å². The number of pyridine rings is 1. The zero-order valence-corrected chi connectivity index (χ0v) is 19.3. The summed E-state index contributed by atoms with van der Waals surface area (Å²) < 4.78 is 40.7. The van der Waals surface area contributed by atoms with Crippen molar-refractivity contribution in [1.29, 1.82) is 0 Å². The Balaban J connectivity index is 1.58. The molecule has 0 saturated carbocycles. The highest BCUT2D eigenvalue weighted by molar-refractivity contribution is 5.96. The summed E-state index contributed by atoms with van der Waals surface area (Å²) in [6, 6.07) is 11.7. The number of halogens is 3. The fraction of sp³-hybridized carbons (Fsp3) is 0.240. The third-order valence-corrected chi connectivity index (χ3v) is 5.83. The summed E-state index contributed by atoms with van der Waals surface area (Å²) in [4.78, 5) is 39.3. The number of anilines is 2. The minimum atomic E-state index is -4.58. The maximum Gasteiger partial charge on any atom is 0.416 e. The normalized spacial score (nSPS) is 15.0. The van der Waals surface area contributed by atoms with E-state index in [1.165, 1.54) is 35.9 Å². The van der Waals surface area contributed by atoms with Crippen molar-refractivity contribution in [2.75, 3.05) is 30.3 Å². The van der Waals surface area contributed by atoms with Gasteiger partial charge in [-0.1, -0.05) is 6.07 Å². The lowest BCUT2D eigenvalue weighted by Crippen LogP contribution is -2.48. The Hall–Kier alpha value is -4.12. The molecule has 0 aliphatic carbocycles. The van der Waals surface area contributed by atoms with Gasteiger partial charge in [0.05, 0.1) is 29.4 Å². The zero-order chi connectivity index (χ0) is 26.0. The molecule has 0 bridgehead atoms. The number of benzene rings is 2. The van der Waals surface area contributed by atoms with E-state index in [1.807, 2.05) is 0 Å². The lowest BCUT2D eigenvalue weighted by Gasteiger charge is -2.27. The molecule has 188 valence electrons. The molecule has 1 aliphatic rings. The molecule has 1 fully saturated rings. The van der Waals surface area contributed by atoms with Crippen LogP contribution < -0.4 is 26.8 Å². The molecule has 8 nitrogen and oxygen atoms in total. The molecule has 36 heavy (non-hydrogen) atoms. The largest absolute Gasteiger partial charge is 0.416 e. The van der Waals surface area contributed by atoms with Gasteiger partial charge in [-0.2, -0.15) is 13.2 Å². The quantitative estimate of drug-likeness (QED) is 0.468. The van der Waals surface area contributed by atoms with E-state index in [1.54, 1.807) is 29.2 Å². The molecule has 1 saturated heterocycles. The first kappa shape index (κ1) is 25.0. The van der Waals surface area contributed by atoms with E-state index >= 15 is 0 Å². The highest BCUT2D eigenvalue weighted by atomic mass is 19.4. The first-order valence-corrected chi connectivity index (χ1v) is 11.2. The highest BCUT2D eigenvalue weighted by Crippen LogP contribution is 2.32. The second kappa shape index (κ2) is 9.86. The van der Waals surface area contributed by atoms with Gasteiger partial charge in [0, 0.05) is 36.7 Å². The van der Waals surface area contributed by atoms with Crippen molar-refractivity contribution >= 4 is 23.2 Å². The SMILES string of the molecule is C[C@@H](NC(=O)c1ccc(=O)n(-c2cccc(N3CCNCC3=O)c2)c1)c1cc(N)cc(C(F)(F)F)c1. The van der Waals surface area contributed by atoms with Crippen molar-refractivity contribution in [3.05, 3.63) is 87.8 Å². The maximum absolute atomic E-state index is 13.2. The summed E-state index contributed by atoms with van der Waals surface area (Å²) in [5.41, 5.74) is 5.66. The van der Waals surface area contributed by atoms with Crippen molar-refractivity contribution in [2.45, 2.75) is 19.1 Å². The average molecular weight is 499 g/mol. The molecule has 3 aromatic rings. The van der Waals surface area contributed by atoms with Gasteiger partial charge >= 0.3 is 6.18 Å². The highest BCUT2D eigenvalue weighted by Gasteiger charge is 2.31. The molecular weight excluding hydrogens is 475 g/mol. The van der Waals surface area contributed by atoms with Gasteiger partial charge in [-0.15, -0.1) is 0 Å². The zero-order valence-electron chi connectivity index (χ0n) is 19.3. The number of carbonyl (C=O) groups excluding carboxylic acids is 2. The van der Waals surface area contributed by atoms with Gasteiger partial charge in [-0.25, -0.2) is 0 Å². The number of nitrogens with zero attached hydrogens (tertiary/aromatic N) is 2. The summed E-state index contributed by atoms with van der Waals surface area (Å²) in [5.74, 6) is -0.677. The Labute approximate surface area is 204 Å². The van der Waals surface area contributed by atoms with Crippen LogP contribution in [0.2, 0.25) is 0 Å². The molecular formula is C25H24F3N5O3. The van der Waals surface area contributed by atoms with Crippen LogP contribution in [0, 0.1) is 0 Å². The minimum absolute atomic E-state index is 0.0719. The summed E-state index contributed by atoms with van der Waals surface area (Å²) in [6.45, 7) is 2.88. The van der Waals surface area contributed by atoms with Gasteiger partial charge in [0.2, 0.25) is 5.91 Å². The molecule has 0 radical (unpaired) electrons. The average Bonchev–Trinajstić information content (AvgIpc) is 2.83. The number of rotatable bonds is 5. The third kappa shape index (κ3) is 5.41. The van der Waals surface area contributed by atoms with E-state index in [2.05, 4.69) is 10.6 Å². The smallest absolute Gasteiger partial charge is 0.399 e. The standard InChI is InChI=1S/C25H24F3N5O3/c1-15(17-9-18(25(26,27)28)11-19(29)10-17)31-24(36)16-5-6-22(34)33(14-16)21-4-2-3-20(12-21)32-8-7-30-13-23(32)35/h2-6,9-12,14-15,30H,7-8,13,29H2,1H3,(H,31,36)/t15-/m1/s1. The van der Waals surface area contributed by atoms with E-state index in [9.17, 15) is 27.6 Å². The van der Waals surface area contributed by atoms with Crippen LogP contribution in [0.5, 0.6) is 0 Å². The second-order valence-corrected chi connectivity index (χ2v) is 8.45. The van der Waals surface area contributed by atoms with Gasteiger partial charge in [0.25, 0.3) is 11.5 Å². The fourth-order valence-corrected chi connectivity index (χ4v) is 3.97. The lowest BCUT2D eigenvalue weighted by atomic mass is 10.0. The Kier molecular flexibility index (Phi) is 6.84. The number of nitrogen functional groups attached to an aromatic ring is 1. The number of carbonyl (C=O) groups is 2. The summed E-state index contributed by atoms with van der Waals surface area (Å²) in [7, 11) is 0. The van der Waals surface area contributed by atoms with Gasteiger partial charge in [0.15, 0.2) is 0 Å². The number of piperazine rings is 1. The monoisotopic (exact) mass is 499 g/mol. The van der Waals surface area contributed by atoms with E-state index in [0.717, 1.165) is 12.1 Å². The van der Waals surface area contributed by atoms with E-state index in [-0.39, 0.29) is 29.3 Å². The topological polar surface area (TPSA) is 109 Å². The van der Waals surface area contributed by atoms with Crippen LogP contribution in [0.1, 0.15) is 34.5 Å². The third-order valence-electron chi connectivity index (χ3n) is 5.83. The Bertz CT molecular complexity index is 1370. The first-order chi connectivity index (χ1) is 17.0. The predicted molar refractivity (Wildman–Crippen MR) is 129 cm³/mol. The van der Waals surface area contributed by atoms with Crippen molar-refractivity contribution < 1.29 is 22.8 Å². The van der Waals surface area contributed by atoms with Crippen LogP contribution in [0.15, 0.2) is 65.6 Å². The Morgan fingerprint density at radius 1 is 1.08 bits per heavy atom. The fourth-order valence-electron chi connectivity index (χ4n) is 3.97. The summed E-state index contributed by atoms with van der Waals surface area (Å²) in [6.07, 6.45) is -3.23. The molecule has 4 rings (SSSR count). The number of amides is 2. The van der Waals surface area contributed by atoms with Crippen molar-refractivity contribution in [1.82, 2.24) is 15.2 Å². The minimum Gasteiger partial charge on any atom is -0.399 e. The number of hydrogen-bond donors (Lipinski definition) is 3. The van der Waals surface area contributed by atoms with Gasteiger partial charge < -0.3 is 21.3 Å². The van der Waals surface area contributed by atoms with E-state index in [0.29, 0.717) is 24.5 Å². The second-order valence-electron chi connectivity index (χ2n) is 8.45. The molecule has 2 aromatic carbocycles. The number of aromatic nitrogens is 1. The predicted octanol–water partition coefficient (Wildman–Crippen LogP) is 2.87. The number of hydrogen-bond acceptors (Lipinski definition) is 5. The Morgan fingerprint density at radius 3 is 2.56 bits per heavy atom. The van der Waals surface area contributed by atoms with Crippen LogP contribution in [-0.2, 0) is 11.0 Å². The lowest BCUT2D eigenvalue weighted by molar-refractivity contribution is -0.137. The number of nitrogens with two attached hydrogens (primary N) is 1. The molecule has 1 atom stereocenters. The number of alkyl halides is 3. The molecule has 0 unspecified atom stereocenters. The first-order valence-electron chi connectivity index (χ1n) is 11.2. The van der Waals surface area contributed by atoms with Crippen molar-refractivity contribution in [3.63, 3.8) is 0 Å². The van der Waals surface area contributed by atoms with Gasteiger partial charge in [-0.3, -0.25) is 19.0 Å². The van der Waals surface area contributed by atoms with Crippen molar-refractivity contribution in [3.8, 4) is 5.69 Å². The van der Waals surface area contributed by atoms with Crippen LogP contribution in [-0.4, -0.2) is 36.0 Å². The Morgan fingerprint density at radius 2 is 1.83 bits per heavy atom. The summed E-state index contributed by atoms with van der Waals surface area (Å²) in [5, 5.41) is 5.65. The van der Waals surface area contributed by atoms with E-state index in [4.69, 9.17) is 5.73 Å². The molecule has 1 aliphatic heterocycles. The molecule has 11 heteroatoms. The van der Waals surface area contributed by atoms with E-state index < -0.39 is 29.2 Å². The van der Waals surface area contributed by atoms with Crippen LogP contribution in [0.25, 0.3) is 5.69 Å². The van der Waals surface area contributed by atoms with Crippen LogP contribution in [0.4, 0.5) is 24.5 Å². The molecule has 4 N–H and O–H groups in total. The molecule has 1 aromatic heterocycles. The van der Waals surface area contributed by atoms with Crippen LogP contribution >= 0.6 is 0 Å². The van der Waals surface area contributed by atoms with Gasteiger partial charge in [0.1, 0.15) is 0 Å². The molecule has 2 heterocycles. The number of nitrogens with one attached hydrogen (secondary N) is 2. The van der Waals surface area contributed by atoms with Gasteiger partial charge in [-0.05, 0) is 55.0 Å². The van der Waals surface area contributed by atoms with Crippen LogP contribution in [0.3, 0.4) is 0 Å². The molecule has 0 spiro atoms. The molecule has 2 amide bonds.